The molecule has 0 aliphatic carbocycles. The second kappa shape index (κ2) is 12.3. The van der Waals surface area contributed by atoms with E-state index in [4.69, 9.17) is 9.73 Å². The van der Waals surface area contributed by atoms with E-state index in [-0.39, 0.29) is 11.9 Å². The minimum atomic E-state index is -0.0366. The van der Waals surface area contributed by atoms with E-state index >= 15 is 0 Å². The van der Waals surface area contributed by atoms with Crippen LogP contribution in [0.4, 0.5) is 0 Å². The van der Waals surface area contributed by atoms with Gasteiger partial charge in [0.25, 0.3) is 0 Å². The van der Waals surface area contributed by atoms with Crippen LogP contribution in [-0.4, -0.2) is 74.1 Å². The number of guanidine groups is 1. The van der Waals surface area contributed by atoms with Gasteiger partial charge < -0.3 is 19.9 Å². The molecule has 0 aromatic carbocycles. The number of nitrogens with one attached hydrogen (secondary N) is 1. The number of piperidine rings is 2. The van der Waals surface area contributed by atoms with E-state index < -0.39 is 0 Å². The monoisotopic (exact) mass is 394 g/mol. The Kier molecular flexibility index (Phi) is 10.1. The molecule has 28 heavy (non-hydrogen) atoms. The maximum absolute atomic E-state index is 11.9. The molecule has 6 nitrogen and oxygen atoms in total. The summed E-state index contributed by atoms with van der Waals surface area (Å²) in [6.07, 6.45) is 5.43. The largest absolute Gasteiger partial charge is 0.466 e. The third kappa shape index (κ3) is 7.61. The number of likely N-dealkylation sites (tertiary alicyclic amines) is 2. The van der Waals surface area contributed by atoms with Gasteiger partial charge in [0.1, 0.15) is 0 Å². The van der Waals surface area contributed by atoms with Gasteiger partial charge in [-0.25, -0.2) is 0 Å². The smallest absolute Gasteiger partial charge is 0.309 e. The molecule has 0 radical (unpaired) electrons. The maximum atomic E-state index is 11.9. The first-order valence-corrected chi connectivity index (χ1v) is 11.5. The number of carbonyl (C=O) groups excluding carboxylic acids is 1. The van der Waals surface area contributed by atoms with Crippen LogP contribution in [0.2, 0.25) is 0 Å². The average molecular weight is 395 g/mol. The molecule has 0 aromatic rings. The zero-order chi connectivity index (χ0) is 20.4. The van der Waals surface area contributed by atoms with E-state index in [1.165, 1.54) is 32.5 Å². The van der Waals surface area contributed by atoms with Crippen molar-refractivity contribution >= 4 is 11.9 Å². The lowest BCUT2D eigenvalue weighted by Gasteiger charge is -2.35. The van der Waals surface area contributed by atoms with E-state index in [1.807, 2.05) is 6.92 Å². The highest BCUT2D eigenvalue weighted by molar-refractivity contribution is 5.80. The van der Waals surface area contributed by atoms with Gasteiger partial charge >= 0.3 is 5.97 Å². The van der Waals surface area contributed by atoms with Crippen molar-refractivity contribution in [1.29, 1.82) is 0 Å². The van der Waals surface area contributed by atoms with Gasteiger partial charge in [-0.2, -0.15) is 0 Å². The van der Waals surface area contributed by atoms with Crippen LogP contribution < -0.4 is 5.32 Å². The molecule has 2 atom stereocenters. The molecule has 0 aromatic heterocycles. The minimum Gasteiger partial charge on any atom is -0.466 e. The molecular weight excluding hydrogens is 352 g/mol. The molecule has 2 aliphatic rings. The number of aliphatic imine (C=N–C) groups is 1. The lowest BCUT2D eigenvalue weighted by atomic mass is 9.92. The fraction of sp³-hybridized carbons (Fsp3) is 0.909. The van der Waals surface area contributed by atoms with E-state index in [2.05, 4.69) is 35.9 Å². The Balaban J connectivity index is 1.71. The fourth-order valence-electron chi connectivity index (χ4n) is 4.62. The quantitative estimate of drug-likeness (QED) is 0.297. The second-order valence-corrected chi connectivity index (χ2v) is 8.66. The molecule has 2 unspecified atom stereocenters. The minimum absolute atomic E-state index is 0.0366. The Morgan fingerprint density at radius 3 is 2.39 bits per heavy atom. The number of esters is 1. The molecule has 0 amide bonds. The summed E-state index contributed by atoms with van der Waals surface area (Å²) in [7, 11) is 0. The van der Waals surface area contributed by atoms with Gasteiger partial charge in [0.15, 0.2) is 5.96 Å². The normalized spacial score (nSPS) is 25.0. The lowest BCUT2D eigenvalue weighted by molar-refractivity contribution is -0.149. The van der Waals surface area contributed by atoms with Crippen LogP contribution in [-0.2, 0) is 9.53 Å². The van der Waals surface area contributed by atoms with Gasteiger partial charge in [-0.3, -0.25) is 9.79 Å². The zero-order valence-electron chi connectivity index (χ0n) is 18.6. The van der Waals surface area contributed by atoms with Crippen LogP contribution in [0, 0.1) is 17.8 Å². The molecule has 162 valence electrons. The summed E-state index contributed by atoms with van der Waals surface area (Å²) in [5.74, 6) is 2.68. The molecule has 6 heteroatoms. The first kappa shape index (κ1) is 23.0. The molecule has 0 saturated carbocycles. The molecule has 0 bridgehead atoms. The average Bonchev–Trinajstić information content (AvgIpc) is 2.66. The van der Waals surface area contributed by atoms with Crippen molar-refractivity contribution in [2.24, 2.45) is 22.7 Å². The molecular formula is C22H42N4O2. The first-order valence-electron chi connectivity index (χ1n) is 11.5. The molecule has 2 saturated heterocycles. The maximum Gasteiger partial charge on any atom is 0.309 e. The Morgan fingerprint density at radius 2 is 1.79 bits per heavy atom. The van der Waals surface area contributed by atoms with Crippen molar-refractivity contribution in [2.75, 3.05) is 52.4 Å². The summed E-state index contributed by atoms with van der Waals surface area (Å²) in [6.45, 7) is 16.4. The highest BCUT2D eigenvalue weighted by Crippen LogP contribution is 2.21. The predicted octanol–water partition coefficient (Wildman–Crippen LogP) is 2.99. The second-order valence-electron chi connectivity index (χ2n) is 8.66. The summed E-state index contributed by atoms with van der Waals surface area (Å²) >= 11 is 0. The highest BCUT2D eigenvalue weighted by Gasteiger charge is 2.27. The molecule has 2 fully saturated rings. The Bertz CT molecular complexity index is 479. The number of unbranched alkanes of at least 4 members (excludes halogenated alkanes) is 1. The Morgan fingerprint density at radius 1 is 1.11 bits per heavy atom. The van der Waals surface area contributed by atoms with Gasteiger partial charge in [-0.15, -0.1) is 0 Å². The predicted molar refractivity (Wildman–Crippen MR) is 116 cm³/mol. The van der Waals surface area contributed by atoms with Crippen LogP contribution in [0.15, 0.2) is 4.99 Å². The molecule has 1 N–H and O–H groups in total. The van der Waals surface area contributed by atoms with E-state index in [0.29, 0.717) is 6.61 Å². The summed E-state index contributed by atoms with van der Waals surface area (Å²) in [6, 6.07) is 0. The lowest BCUT2D eigenvalue weighted by Crippen LogP contribution is -2.46. The summed E-state index contributed by atoms with van der Waals surface area (Å²) in [5, 5.41) is 3.42. The van der Waals surface area contributed by atoms with E-state index in [9.17, 15) is 4.79 Å². The van der Waals surface area contributed by atoms with Crippen molar-refractivity contribution in [3.63, 3.8) is 0 Å². The molecule has 2 aliphatic heterocycles. The van der Waals surface area contributed by atoms with E-state index in [0.717, 1.165) is 63.2 Å². The van der Waals surface area contributed by atoms with Crippen LogP contribution in [0.25, 0.3) is 0 Å². The van der Waals surface area contributed by atoms with Crippen LogP contribution >= 0.6 is 0 Å². The summed E-state index contributed by atoms with van der Waals surface area (Å²) < 4.78 is 5.17. The van der Waals surface area contributed by atoms with Crippen molar-refractivity contribution < 1.29 is 9.53 Å². The molecule has 2 heterocycles. The third-order valence-electron chi connectivity index (χ3n) is 5.84. The van der Waals surface area contributed by atoms with Gasteiger partial charge in [0.2, 0.25) is 0 Å². The molecule has 2 rings (SSSR count). The van der Waals surface area contributed by atoms with Crippen LogP contribution in [0.1, 0.15) is 59.8 Å². The number of hydrogen-bond acceptors (Lipinski definition) is 4. The van der Waals surface area contributed by atoms with E-state index in [1.54, 1.807) is 0 Å². The van der Waals surface area contributed by atoms with Gasteiger partial charge in [0.05, 0.1) is 12.5 Å². The number of nitrogens with zero attached hydrogens (tertiary/aromatic N) is 3. The van der Waals surface area contributed by atoms with Crippen LogP contribution in [0.5, 0.6) is 0 Å². The topological polar surface area (TPSA) is 57.2 Å². The van der Waals surface area contributed by atoms with Crippen molar-refractivity contribution in [2.45, 2.75) is 59.8 Å². The first-order chi connectivity index (χ1) is 13.5. The number of rotatable bonds is 8. The molecule has 0 spiro atoms. The van der Waals surface area contributed by atoms with Crippen molar-refractivity contribution in [3.05, 3.63) is 0 Å². The number of ether oxygens (including phenoxy) is 1. The third-order valence-corrected chi connectivity index (χ3v) is 5.84. The summed E-state index contributed by atoms with van der Waals surface area (Å²) in [4.78, 5) is 21.7. The van der Waals surface area contributed by atoms with Crippen molar-refractivity contribution in [3.8, 4) is 0 Å². The number of carbonyl (C=O) groups is 1. The SMILES string of the molecule is CCNC(=NCCCCN1CC(C)CC(C)C1)N1CCC(C(=O)OCC)CC1. The van der Waals surface area contributed by atoms with Crippen LogP contribution in [0.3, 0.4) is 0 Å². The van der Waals surface area contributed by atoms with Gasteiger partial charge in [-0.05, 0) is 64.3 Å². The fourth-order valence-corrected chi connectivity index (χ4v) is 4.62. The van der Waals surface area contributed by atoms with Gasteiger partial charge in [0, 0.05) is 39.3 Å². The Labute approximate surface area is 172 Å². The van der Waals surface area contributed by atoms with Crippen molar-refractivity contribution in [1.82, 2.24) is 15.1 Å². The van der Waals surface area contributed by atoms with Gasteiger partial charge in [-0.1, -0.05) is 13.8 Å². The summed E-state index contributed by atoms with van der Waals surface area (Å²) in [5.41, 5.74) is 0. The number of hydrogen-bond donors (Lipinski definition) is 1. The standard InChI is InChI=1S/C22H42N4O2/c1-5-23-22(26-13-9-20(10-14-26)21(27)28-6-2)24-11-7-8-12-25-16-18(3)15-19(4)17-25/h18-20H,5-17H2,1-4H3,(H,23,24). The zero-order valence-corrected chi connectivity index (χ0v) is 18.6. The highest BCUT2D eigenvalue weighted by atomic mass is 16.5. The Hall–Kier alpha value is -1.30.